The van der Waals surface area contributed by atoms with Gasteiger partial charge in [-0.25, -0.2) is 14.8 Å². The normalized spacial score (nSPS) is 10.7. The molecule has 0 aliphatic carbocycles. The summed E-state index contributed by atoms with van der Waals surface area (Å²) >= 11 is 24.0. The Bertz CT molecular complexity index is 1140. The first-order chi connectivity index (χ1) is 14.2. The summed E-state index contributed by atoms with van der Waals surface area (Å²) in [6.07, 6.45) is 1.32. The van der Waals surface area contributed by atoms with Crippen molar-refractivity contribution in [1.82, 2.24) is 9.97 Å². The first-order valence-corrected chi connectivity index (χ1v) is 9.90. The molecule has 0 saturated carbocycles. The highest BCUT2D eigenvalue weighted by Gasteiger charge is 2.16. The number of fused-ring (bicyclic) bond motifs is 1. The maximum Gasteiger partial charge on any atom is 0.344 e. The standard InChI is InChI=1S/C19H13Cl4N3O4/c1-9-2-3-11-12(21)5-13(22)18(17(11)25-9)30-8-16(28)29-7-15(27)26-19-14(23)4-10(20)6-24-19/h2-6H,7-8H2,1H3,(H,24,26,27). The summed E-state index contributed by atoms with van der Waals surface area (Å²) in [5.41, 5.74) is 1.14. The van der Waals surface area contributed by atoms with Crippen molar-refractivity contribution >= 4 is 75.0 Å². The van der Waals surface area contributed by atoms with E-state index in [1.165, 1.54) is 18.3 Å². The summed E-state index contributed by atoms with van der Waals surface area (Å²) in [6.45, 7) is 0.751. The van der Waals surface area contributed by atoms with Gasteiger partial charge >= 0.3 is 5.97 Å². The molecule has 0 fully saturated rings. The number of amides is 1. The van der Waals surface area contributed by atoms with Crippen LogP contribution >= 0.6 is 46.4 Å². The van der Waals surface area contributed by atoms with Gasteiger partial charge in [0.15, 0.2) is 24.8 Å². The molecule has 2 aromatic heterocycles. The second kappa shape index (κ2) is 9.66. The fourth-order valence-corrected chi connectivity index (χ4v) is 3.42. The van der Waals surface area contributed by atoms with Crippen LogP contribution in [0.25, 0.3) is 10.9 Å². The Kier molecular flexibility index (Phi) is 7.20. The van der Waals surface area contributed by atoms with Crippen LogP contribution in [0.3, 0.4) is 0 Å². The molecule has 1 N–H and O–H groups in total. The predicted octanol–water partition coefficient (Wildman–Crippen LogP) is 5.11. The van der Waals surface area contributed by atoms with Gasteiger partial charge < -0.3 is 14.8 Å². The number of benzene rings is 1. The lowest BCUT2D eigenvalue weighted by Gasteiger charge is -2.12. The number of hydrogen-bond donors (Lipinski definition) is 1. The van der Waals surface area contributed by atoms with E-state index in [2.05, 4.69) is 15.3 Å². The van der Waals surface area contributed by atoms with Crippen LogP contribution in [0.5, 0.6) is 5.75 Å². The maximum atomic E-state index is 12.0. The van der Waals surface area contributed by atoms with Gasteiger partial charge in [0.25, 0.3) is 5.91 Å². The number of nitrogens with zero attached hydrogens (tertiary/aromatic N) is 2. The molecule has 1 amide bonds. The Morgan fingerprint density at radius 3 is 2.53 bits per heavy atom. The molecular formula is C19H13Cl4N3O4. The molecule has 0 atom stereocenters. The summed E-state index contributed by atoms with van der Waals surface area (Å²) in [5, 5.41) is 4.10. The van der Waals surface area contributed by atoms with E-state index in [1.807, 2.05) is 0 Å². The second-order valence-electron chi connectivity index (χ2n) is 6.00. The molecule has 0 saturated heterocycles. The largest absolute Gasteiger partial charge is 0.478 e. The van der Waals surface area contributed by atoms with Crippen LogP contribution in [-0.4, -0.2) is 35.1 Å². The van der Waals surface area contributed by atoms with Crippen LogP contribution in [-0.2, 0) is 14.3 Å². The van der Waals surface area contributed by atoms with Gasteiger partial charge in [0.05, 0.1) is 20.1 Å². The molecule has 0 spiro atoms. The number of anilines is 1. The number of nitrogens with one attached hydrogen (secondary N) is 1. The molecule has 3 aromatic rings. The van der Waals surface area contributed by atoms with Gasteiger partial charge in [-0.15, -0.1) is 0 Å². The number of rotatable bonds is 6. The average molecular weight is 489 g/mol. The lowest BCUT2D eigenvalue weighted by Crippen LogP contribution is -2.24. The molecular weight excluding hydrogens is 476 g/mol. The van der Waals surface area contributed by atoms with E-state index in [0.29, 0.717) is 20.9 Å². The Hall–Kier alpha value is -2.32. The van der Waals surface area contributed by atoms with Crippen molar-refractivity contribution in [3.63, 3.8) is 0 Å². The van der Waals surface area contributed by atoms with Gasteiger partial charge in [0.1, 0.15) is 5.52 Å². The zero-order valence-corrected chi connectivity index (χ0v) is 18.4. The van der Waals surface area contributed by atoms with Gasteiger partial charge in [0.2, 0.25) is 0 Å². The van der Waals surface area contributed by atoms with Crippen LogP contribution < -0.4 is 10.1 Å². The van der Waals surface area contributed by atoms with Crippen molar-refractivity contribution < 1.29 is 19.1 Å². The van der Waals surface area contributed by atoms with Gasteiger partial charge in [-0.05, 0) is 31.2 Å². The van der Waals surface area contributed by atoms with Gasteiger partial charge in [-0.2, -0.15) is 0 Å². The van der Waals surface area contributed by atoms with Crippen molar-refractivity contribution in [3.8, 4) is 5.75 Å². The number of halogens is 4. The Balaban J connectivity index is 1.60. The van der Waals surface area contributed by atoms with Crippen LogP contribution in [0.2, 0.25) is 20.1 Å². The van der Waals surface area contributed by atoms with E-state index in [9.17, 15) is 9.59 Å². The Morgan fingerprint density at radius 1 is 1.03 bits per heavy atom. The van der Waals surface area contributed by atoms with E-state index < -0.39 is 25.1 Å². The topological polar surface area (TPSA) is 90.4 Å². The number of carbonyl (C=O) groups excluding carboxylic acids is 2. The highest BCUT2D eigenvalue weighted by Crippen LogP contribution is 2.37. The molecule has 0 aliphatic rings. The summed E-state index contributed by atoms with van der Waals surface area (Å²) in [4.78, 5) is 32.2. The summed E-state index contributed by atoms with van der Waals surface area (Å²) in [7, 11) is 0. The minimum absolute atomic E-state index is 0.0965. The number of carbonyl (C=O) groups is 2. The van der Waals surface area contributed by atoms with E-state index >= 15 is 0 Å². The number of ether oxygens (including phenoxy) is 2. The number of esters is 1. The molecule has 7 nitrogen and oxygen atoms in total. The van der Waals surface area contributed by atoms with Gasteiger partial charge in [-0.3, -0.25) is 4.79 Å². The first kappa shape index (κ1) is 22.4. The SMILES string of the molecule is Cc1ccc2c(Cl)cc(Cl)c(OCC(=O)OCC(=O)Nc3ncc(Cl)cc3Cl)c2n1. The zero-order valence-electron chi connectivity index (χ0n) is 15.3. The number of hydrogen-bond acceptors (Lipinski definition) is 6. The van der Waals surface area contributed by atoms with E-state index in [-0.39, 0.29) is 21.6 Å². The van der Waals surface area contributed by atoms with E-state index in [4.69, 9.17) is 55.9 Å². The third-order valence-corrected chi connectivity index (χ3v) is 4.83. The zero-order chi connectivity index (χ0) is 21.8. The smallest absolute Gasteiger partial charge is 0.344 e. The highest BCUT2D eigenvalue weighted by atomic mass is 35.5. The lowest BCUT2D eigenvalue weighted by atomic mass is 10.2. The quantitative estimate of drug-likeness (QED) is 0.484. The molecule has 2 heterocycles. The molecule has 156 valence electrons. The monoisotopic (exact) mass is 487 g/mol. The molecule has 1 aromatic carbocycles. The van der Waals surface area contributed by atoms with Crippen molar-refractivity contribution in [2.75, 3.05) is 18.5 Å². The van der Waals surface area contributed by atoms with E-state index in [1.54, 1.807) is 19.1 Å². The molecule has 0 aliphatic heterocycles. The molecule has 0 radical (unpaired) electrons. The Labute approximate surface area is 191 Å². The molecule has 11 heteroatoms. The fraction of sp³-hybridized carbons (Fsp3) is 0.158. The van der Waals surface area contributed by atoms with Crippen LogP contribution in [0.1, 0.15) is 5.69 Å². The second-order valence-corrected chi connectivity index (χ2v) is 7.66. The summed E-state index contributed by atoms with van der Waals surface area (Å²) < 4.78 is 10.4. The average Bonchev–Trinajstić information content (AvgIpc) is 2.68. The van der Waals surface area contributed by atoms with Crippen molar-refractivity contribution in [1.29, 1.82) is 0 Å². The van der Waals surface area contributed by atoms with Crippen molar-refractivity contribution in [3.05, 3.63) is 56.2 Å². The third kappa shape index (κ3) is 5.43. The summed E-state index contributed by atoms with van der Waals surface area (Å²) in [5.74, 6) is -1.13. The maximum absolute atomic E-state index is 12.0. The lowest BCUT2D eigenvalue weighted by molar-refractivity contribution is -0.149. The highest BCUT2D eigenvalue weighted by molar-refractivity contribution is 6.39. The van der Waals surface area contributed by atoms with Gasteiger partial charge in [0, 0.05) is 17.3 Å². The molecule has 30 heavy (non-hydrogen) atoms. The number of aryl methyl sites for hydroxylation is 1. The molecule has 0 bridgehead atoms. The minimum Gasteiger partial charge on any atom is -0.478 e. The van der Waals surface area contributed by atoms with Crippen LogP contribution in [0.4, 0.5) is 5.82 Å². The first-order valence-electron chi connectivity index (χ1n) is 8.39. The van der Waals surface area contributed by atoms with Crippen molar-refractivity contribution in [2.24, 2.45) is 0 Å². The number of pyridine rings is 2. The minimum atomic E-state index is -0.785. The van der Waals surface area contributed by atoms with Crippen molar-refractivity contribution in [2.45, 2.75) is 6.92 Å². The van der Waals surface area contributed by atoms with Gasteiger partial charge in [-0.1, -0.05) is 46.4 Å². The predicted molar refractivity (Wildman–Crippen MR) is 116 cm³/mol. The molecule has 3 rings (SSSR count). The molecule has 0 unspecified atom stereocenters. The summed E-state index contributed by atoms with van der Waals surface area (Å²) in [6, 6.07) is 6.49. The fourth-order valence-electron chi connectivity index (χ4n) is 2.42. The van der Waals surface area contributed by atoms with Crippen LogP contribution in [0, 0.1) is 6.92 Å². The third-order valence-electron chi connectivity index (χ3n) is 3.74. The Morgan fingerprint density at radius 2 is 1.80 bits per heavy atom. The number of aromatic nitrogens is 2. The van der Waals surface area contributed by atoms with Crippen LogP contribution in [0.15, 0.2) is 30.5 Å². The van der Waals surface area contributed by atoms with E-state index in [0.717, 1.165) is 5.69 Å².